The highest BCUT2D eigenvalue weighted by molar-refractivity contribution is 8.18. The Kier molecular flexibility index (Phi) is 6.39. The monoisotopic (exact) mass is 410 g/mol. The maximum absolute atomic E-state index is 12.6. The van der Waals surface area contributed by atoms with Gasteiger partial charge in [-0.1, -0.05) is 18.2 Å². The Morgan fingerprint density at radius 3 is 2.48 bits per heavy atom. The molecule has 0 atom stereocenters. The van der Waals surface area contributed by atoms with Gasteiger partial charge in [0.25, 0.3) is 11.1 Å². The van der Waals surface area contributed by atoms with Crippen LogP contribution in [0.4, 0.5) is 10.5 Å². The molecule has 1 fully saturated rings. The van der Waals surface area contributed by atoms with Crippen LogP contribution in [0.15, 0.2) is 47.4 Å². The number of aryl methyl sites for hydroxylation is 2. The van der Waals surface area contributed by atoms with Crippen LogP contribution < -0.4 is 10.1 Å². The number of nitrogens with one attached hydrogen (secondary N) is 1. The maximum atomic E-state index is 12.6. The Labute approximate surface area is 173 Å². The molecule has 2 aromatic rings. The van der Waals surface area contributed by atoms with Crippen LogP contribution in [0.5, 0.6) is 5.75 Å². The molecule has 0 aliphatic carbocycles. The first kappa shape index (κ1) is 20.7. The number of amides is 3. The van der Waals surface area contributed by atoms with Gasteiger partial charge in [0.05, 0.1) is 11.5 Å². The Hall–Kier alpha value is -3.06. The van der Waals surface area contributed by atoms with Gasteiger partial charge in [0.2, 0.25) is 5.91 Å². The second-order valence-corrected chi connectivity index (χ2v) is 7.61. The summed E-state index contributed by atoms with van der Waals surface area (Å²) in [7, 11) is 0. The Morgan fingerprint density at radius 1 is 1.10 bits per heavy atom. The van der Waals surface area contributed by atoms with E-state index in [0.717, 1.165) is 39.1 Å². The number of rotatable bonds is 6. The lowest BCUT2D eigenvalue weighted by atomic mass is 10.1. The molecule has 3 rings (SSSR count). The average molecular weight is 410 g/mol. The minimum absolute atomic E-state index is 0.290. The highest BCUT2D eigenvalue weighted by Gasteiger charge is 2.36. The fourth-order valence-electron chi connectivity index (χ4n) is 2.78. The van der Waals surface area contributed by atoms with Crippen LogP contribution in [0.25, 0.3) is 6.08 Å². The van der Waals surface area contributed by atoms with Crippen LogP contribution in [0.2, 0.25) is 0 Å². The van der Waals surface area contributed by atoms with Gasteiger partial charge < -0.3 is 10.1 Å². The molecule has 0 aromatic heterocycles. The molecule has 1 aliphatic rings. The summed E-state index contributed by atoms with van der Waals surface area (Å²) < 4.78 is 5.39. The van der Waals surface area contributed by atoms with E-state index in [9.17, 15) is 14.4 Å². The van der Waals surface area contributed by atoms with E-state index in [-0.39, 0.29) is 11.4 Å². The highest BCUT2D eigenvalue weighted by Crippen LogP contribution is 2.32. The molecular formula is C22H22N2O4S. The molecule has 29 heavy (non-hydrogen) atoms. The summed E-state index contributed by atoms with van der Waals surface area (Å²) in [5, 5.41) is 2.28. The van der Waals surface area contributed by atoms with Crippen LogP contribution in [0.3, 0.4) is 0 Å². The van der Waals surface area contributed by atoms with Crippen LogP contribution >= 0.6 is 11.8 Å². The molecule has 1 heterocycles. The zero-order chi connectivity index (χ0) is 21.0. The smallest absolute Gasteiger partial charge is 0.294 e. The molecule has 3 amide bonds. The third-order valence-corrected chi connectivity index (χ3v) is 5.36. The molecule has 0 saturated carbocycles. The van der Waals surface area contributed by atoms with Crippen LogP contribution in [-0.4, -0.2) is 35.1 Å². The van der Waals surface area contributed by atoms with Crippen molar-refractivity contribution in [2.75, 3.05) is 18.5 Å². The minimum atomic E-state index is -0.468. The second-order valence-electron chi connectivity index (χ2n) is 6.62. The predicted octanol–water partition coefficient (Wildman–Crippen LogP) is 4.38. The summed E-state index contributed by atoms with van der Waals surface area (Å²) >= 11 is 0.831. The summed E-state index contributed by atoms with van der Waals surface area (Å²) in [6.07, 6.45) is 1.64. The topological polar surface area (TPSA) is 75.7 Å². The lowest BCUT2D eigenvalue weighted by Crippen LogP contribution is -2.36. The fourth-order valence-corrected chi connectivity index (χ4v) is 3.62. The second kappa shape index (κ2) is 8.96. The Bertz CT molecular complexity index is 983. The van der Waals surface area contributed by atoms with E-state index in [2.05, 4.69) is 5.32 Å². The number of hydrogen-bond donors (Lipinski definition) is 1. The molecule has 2 aromatic carbocycles. The lowest BCUT2D eigenvalue weighted by molar-refractivity contribution is -0.127. The summed E-state index contributed by atoms with van der Waals surface area (Å²) in [5.41, 5.74) is 3.58. The van der Waals surface area contributed by atoms with Gasteiger partial charge in [-0.25, -0.2) is 0 Å². The summed E-state index contributed by atoms with van der Waals surface area (Å²) in [5.74, 6) is -0.150. The average Bonchev–Trinajstić information content (AvgIpc) is 2.94. The van der Waals surface area contributed by atoms with Gasteiger partial charge in [-0.2, -0.15) is 0 Å². The molecule has 150 valence electrons. The predicted molar refractivity (Wildman–Crippen MR) is 115 cm³/mol. The number of carbonyl (C=O) groups is 3. The van der Waals surface area contributed by atoms with Crippen LogP contribution in [-0.2, 0) is 9.59 Å². The summed E-state index contributed by atoms with van der Waals surface area (Å²) in [6, 6.07) is 12.8. The number of ether oxygens (including phenoxy) is 1. The first-order valence-corrected chi connectivity index (χ1v) is 10.0. The van der Waals surface area contributed by atoms with E-state index in [4.69, 9.17) is 4.74 Å². The number of imide groups is 1. The zero-order valence-corrected chi connectivity index (χ0v) is 17.3. The molecule has 1 saturated heterocycles. The van der Waals surface area contributed by atoms with Crippen molar-refractivity contribution < 1.29 is 19.1 Å². The summed E-state index contributed by atoms with van der Waals surface area (Å²) in [4.78, 5) is 38.4. The van der Waals surface area contributed by atoms with Gasteiger partial charge in [-0.05, 0) is 79.6 Å². The normalized spacial score (nSPS) is 15.1. The van der Waals surface area contributed by atoms with Crippen LogP contribution in [0, 0.1) is 13.8 Å². The van der Waals surface area contributed by atoms with Crippen molar-refractivity contribution in [2.45, 2.75) is 20.8 Å². The van der Waals surface area contributed by atoms with Gasteiger partial charge in [-0.15, -0.1) is 0 Å². The van der Waals surface area contributed by atoms with E-state index in [0.29, 0.717) is 12.3 Å². The fraction of sp³-hybridized carbons (Fsp3) is 0.227. The van der Waals surface area contributed by atoms with Crippen molar-refractivity contribution in [3.8, 4) is 5.75 Å². The maximum Gasteiger partial charge on any atom is 0.294 e. The quantitative estimate of drug-likeness (QED) is 0.716. The lowest BCUT2D eigenvalue weighted by Gasteiger charge is -2.13. The van der Waals surface area contributed by atoms with Crippen molar-refractivity contribution in [1.82, 2.24) is 4.90 Å². The molecule has 0 spiro atoms. The Balaban J connectivity index is 1.66. The number of nitrogens with zero attached hydrogens (tertiary/aromatic N) is 1. The molecular weight excluding hydrogens is 388 g/mol. The third-order valence-electron chi connectivity index (χ3n) is 4.45. The largest absolute Gasteiger partial charge is 0.494 e. The first-order chi connectivity index (χ1) is 13.9. The van der Waals surface area contributed by atoms with E-state index < -0.39 is 17.1 Å². The van der Waals surface area contributed by atoms with E-state index in [1.165, 1.54) is 0 Å². The minimum Gasteiger partial charge on any atom is -0.494 e. The van der Waals surface area contributed by atoms with E-state index in [1.807, 2.05) is 45.0 Å². The number of hydrogen-bond acceptors (Lipinski definition) is 5. The van der Waals surface area contributed by atoms with Gasteiger partial charge in [0, 0.05) is 5.69 Å². The molecule has 7 heteroatoms. The van der Waals surface area contributed by atoms with Crippen LogP contribution in [0.1, 0.15) is 23.6 Å². The standard InChI is InChI=1S/C22H22N2O4S/c1-4-28-18-9-6-16(7-10-18)12-19-21(26)24(22(27)29-19)13-20(25)23-17-8-5-14(2)15(3)11-17/h5-12H,4,13H2,1-3H3,(H,23,25). The van der Waals surface area contributed by atoms with E-state index >= 15 is 0 Å². The van der Waals surface area contributed by atoms with Crippen molar-refractivity contribution in [2.24, 2.45) is 0 Å². The number of thioether (sulfide) groups is 1. The van der Waals surface area contributed by atoms with Gasteiger partial charge in [0.1, 0.15) is 12.3 Å². The van der Waals surface area contributed by atoms with E-state index in [1.54, 1.807) is 24.3 Å². The zero-order valence-electron chi connectivity index (χ0n) is 16.5. The number of anilines is 1. The van der Waals surface area contributed by atoms with Crippen molar-refractivity contribution >= 4 is 40.6 Å². The van der Waals surface area contributed by atoms with Crippen molar-refractivity contribution in [3.05, 3.63) is 64.1 Å². The first-order valence-electron chi connectivity index (χ1n) is 9.22. The molecule has 0 unspecified atom stereocenters. The SMILES string of the molecule is CCOc1ccc(C=C2SC(=O)N(CC(=O)Nc3ccc(C)c(C)c3)C2=O)cc1. The third kappa shape index (κ3) is 5.06. The molecule has 0 bridgehead atoms. The number of benzene rings is 2. The van der Waals surface area contributed by atoms with Crippen molar-refractivity contribution in [1.29, 1.82) is 0 Å². The molecule has 1 N–H and O–H groups in total. The molecule has 6 nitrogen and oxygen atoms in total. The highest BCUT2D eigenvalue weighted by atomic mass is 32.2. The molecule has 0 radical (unpaired) electrons. The van der Waals surface area contributed by atoms with Gasteiger partial charge >= 0.3 is 0 Å². The van der Waals surface area contributed by atoms with Gasteiger partial charge in [-0.3, -0.25) is 19.3 Å². The summed E-state index contributed by atoms with van der Waals surface area (Å²) in [6.45, 7) is 6.09. The Morgan fingerprint density at radius 2 is 1.83 bits per heavy atom. The van der Waals surface area contributed by atoms with Gasteiger partial charge in [0.15, 0.2) is 0 Å². The molecule has 1 aliphatic heterocycles. The van der Waals surface area contributed by atoms with Crippen molar-refractivity contribution in [3.63, 3.8) is 0 Å². The number of carbonyl (C=O) groups excluding carboxylic acids is 3.